The lowest BCUT2D eigenvalue weighted by Crippen LogP contribution is -2.43. The molecule has 1 heterocycles. The highest BCUT2D eigenvalue weighted by molar-refractivity contribution is 5.03. The summed E-state index contributed by atoms with van der Waals surface area (Å²) in [5.41, 5.74) is 1.58. The van der Waals surface area contributed by atoms with Gasteiger partial charge in [-0.05, 0) is 44.0 Å². The van der Waals surface area contributed by atoms with Crippen LogP contribution in [0.5, 0.6) is 0 Å². The molecule has 0 saturated heterocycles. The lowest BCUT2D eigenvalue weighted by molar-refractivity contribution is 0.157. The van der Waals surface area contributed by atoms with Crippen molar-refractivity contribution in [3.05, 3.63) is 30.1 Å². The molecule has 0 atom stereocenters. The summed E-state index contributed by atoms with van der Waals surface area (Å²) in [6, 6.07) is 6.15. The van der Waals surface area contributed by atoms with Gasteiger partial charge in [-0.1, -0.05) is 26.8 Å². The highest BCUT2D eigenvalue weighted by Crippen LogP contribution is 2.26. The van der Waals surface area contributed by atoms with Crippen molar-refractivity contribution in [3.63, 3.8) is 0 Å². The molecule has 0 amide bonds. The Hall–Kier alpha value is -0.930. The number of nitrogens with one attached hydrogen (secondary N) is 1. The first-order valence-electron chi connectivity index (χ1n) is 7.95. The van der Waals surface area contributed by atoms with Crippen LogP contribution in [0, 0.1) is 5.41 Å². The molecule has 3 nitrogen and oxygen atoms in total. The van der Waals surface area contributed by atoms with Gasteiger partial charge >= 0.3 is 0 Å². The van der Waals surface area contributed by atoms with Gasteiger partial charge in [0, 0.05) is 37.9 Å². The molecule has 114 valence electrons. The Morgan fingerprint density at radius 1 is 1.20 bits per heavy atom. The molecule has 3 heteroatoms. The molecule has 0 aliphatic heterocycles. The average Bonchev–Trinajstić information content (AvgIpc) is 2.50. The van der Waals surface area contributed by atoms with Gasteiger partial charge < -0.3 is 10.2 Å². The summed E-state index contributed by atoms with van der Waals surface area (Å²) in [5, 5.41) is 3.53. The largest absolute Gasteiger partial charge is 0.316 e. The molecule has 0 aromatic carbocycles. The maximum atomic E-state index is 4.40. The molecular formula is C17H31N3. The predicted molar refractivity (Wildman–Crippen MR) is 87.0 cm³/mol. The van der Waals surface area contributed by atoms with Crippen LogP contribution in [-0.4, -0.2) is 43.1 Å². The van der Waals surface area contributed by atoms with Crippen LogP contribution >= 0.6 is 0 Å². The first-order chi connectivity index (χ1) is 9.65. The van der Waals surface area contributed by atoms with E-state index in [0.29, 0.717) is 5.41 Å². The van der Waals surface area contributed by atoms with Crippen molar-refractivity contribution in [1.29, 1.82) is 0 Å². The van der Waals surface area contributed by atoms with E-state index >= 15 is 0 Å². The first kappa shape index (κ1) is 17.1. The van der Waals surface area contributed by atoms with Crippen LogP contribution in [-0.2, 0) is 6.42 Å². The van der Waals surface area contributed by atoms with Crippen molar-refractivity contribution in [2.75, 3.05) is 33.2 Å². The van der Waals surface area contributed by atoms with Gasteiger partial charge in [-0.15, -0.1) is 0 Å². The van der Waals surface area contributed by atoms with Gasteiger partial charge in [-0.3, -0.25) is 4.98 Å². The van der Waals surface area contributed by atoms with Crippen molar-refractivity contribution in [1.82, 2.24) is 15.2 Å². The van der Waals surface area contributed by atoms with Crippen LogP contribution in [0.1, 0.15) is 39.3 Å². The van der Waals surface area contributed by atoms with Gasteiger partial charge in [0.05, 0.1) is 0 Å². The van der Waals surface area contributed by atoms with Crippen molar-refractivity contribution in [2.24, 2.45) is 5.41 Å². The van der Waals surface area contributed by atoms with Crippen LogP contribution < -0.4 is 5.32 Å². The topological polar surface area (TPSA) is 28.2 Å². The maximum Gasteiger partial charge on any atom is 0.0416 e. The Morgan fingerprint density at radius 2 is 1.95 bits per heavy atom. The molecule has 0 radical (unpaired) electrons. The third-order valence-corrected chi connectivity index (χ3v) is 4.33. The average molecular weight is 277 g/mol. The second-order valence-electron chi connectivity index (χ2n) is 5.80. The lowest BCUT2D eigenvalue weighted by Gasteiger charge is -2.36. The number of hydrogen-bond acceptors (Lipinski definition) is 3. The third-order valence-electron chi connectivity index (χ3n) is 4.33. The van der Waals surface area contributed by atoms with Gasteiger partial charge in [0.2, 0.25) is 0 Å². The standard InChI is InChI=1S/C17H31N3/c1-5-17(6-2,14-18-7-3)15-20(4)13-11-16-10-8-9-12-19-16/h8-10,12,18H,5-7,11,13-15H2,1-4H3. The lowest BCUT2D eigenvalue weighted by atomic mass is 9.81. The molecular weight excluding hydrogens is 246 g/mol. The van der Waals surface area contributed by atoms with Crippen LogP contribution in [0.3, 0.4) is 0 Å². The maximum absolute atomic E-state index is 4.40. The molecule has 1 aromatic rings. The van der Waals surface area contributed by atoms with Gasteiger partial charge in [0.1, 0.15) is 0 Å². The molecule has 0 aliphatic rings. The van der Waals surface area contributed by atoms with E-state index in [9.17, 15) is 0 Å². The summed E-state index contributed by atoms with van der Waals surface area (Å²) < 4.78 is 0. The second kappa shape index (κ2) is 9.09. The fourth-order valence-corrected chi connectivity index (χ4v) is 2.67. The zero-order valence-corrected chi connectivity index (χ0v) is 13.7. The molecule has 0 spiro atoms. The molecule has 1 N–H and O–H groups in total. The Bertz CT molecular complexity index is 347. The molecule has 0 aliphatic carbocycles. The summed E-state index contributed by atoms with van der Waals surface area (Å²) in [6.07, 6.45) is 5.36. The zero-order valence-electron chi connectivity index (χ0n) is 13.7. The summed E-state index contributed by atoms with van der Waals surface area (Å²) >= 11 is 0. The van der Waals surface area contributed by atoms with Crippen LogP contribution in [0.4, 0.5) is 0 Å². The predicted octanol–water partition coefficient (Wildman–Crippen LogP) is 2.97. The monoisotopic (exact) mass is 277 g/mol. The Morgan fingerprint density at radius 3 is 2.50 bits per heavy atom. The van der Waals surface area contributed by atoms with Crippen molar-refractivity contribution >= 4 is 0 Å². The molecule has 20 heavy (non-hydrogen) atoms. The Balaban J connectivity index is 2.47. The van der Waals surface area contributed by atoms with Crippen LogP contribution in [0.15, 0.2) is 24.4 Å². The van der Waals surface area contributed by atoms with E-state index in [1.807, 2.05) is 12.3 Å². The van der Waals surface area contributed by atoms with E-state index in [0.717, 1.165) is 32.6 Å². The number of hydrogen-bond donors (Lipinski definition) is 1. The SMILES string of the molecule is CCNCC(CC)(CC)CN(C)CCc1ccccn1. The molecule has 1 aromatic heterocycles. The number of rotatable bonds is 10. The van der Waals surface area contributed by atoms with Crippen molar-refractivity contribution in [3.8, 4) is 0 Å². The van der Waals surface area contributed by atoms with Crippen molar-refractivity contribution in [2.45, 2.75) is 40.0 Å². The van der Waals surface area contributed by atoms with Crippen LogP contribution in [0.25, 0.3) is 0 Å². The number of likely N-dealkylation sites (N-methyl/N-ethyl adjacent to an activating group) is 1. The quantitative estimate of drug-likeness (QED) is 0.712. The summed E-state index contributed by atoms with van der Waals surface area (Å²) in [4.78, 5) is 6.86. The summed E-state index contributed by atoms with van der Waals surface area (Å²) in [6.45, 7) is 11.2. The fraction of sp³-hybridized carbons (Fsp3) is 0.706. The van der Waals surface area contributed by atoms with Crippen LogP contribution in [0.2, 0.25) is 0 Å². The zero-order chi connectivity index (χ0) is 14.8. The first-order valence-corrected chi connectivity index (χ1v) is 7.95. The summed E-state index contributed by atoms with van der Waals surface area (Å²) in [7, 11) is 2.23. The van der Waals surface area contributed by atoms with E-state index in [2.05, 4.69) is 55.2 Å². The van der Waals surface area contributed by atoms with E-state index in [4.69, 9.17) is 0 Å². The molecule has 0 bridgehead atoms. The highest BCUT2D eigenvalue weighted by Gasteiger charge is 2.27. The third kappa shape index (κ3) is 5.59. The smallest absolute Gasteiger partial charge is 0.0416 e. The Labute approximate surface area is 124 Å². The molecule has 0 fully saturated rings. The van der Waals surface area contributed by atoms with Gasteiger partial charge in [-0.2, -0.15) is 0 Å². The van der Waals surface area contributed by atoms with E-state index in [1.165, 1.54) is 18.5 Å². The minimum absolute atomic E-state index is 0.398. The van der Waals surface area contributed by atoms with Gasteiger partial charge in [0.25, 0.3) is 0 Å². The van der Waals surface area contributed by atoms with E-state index in [1.54, 1.807) is 0 Å². The van der Waals surface area contributed by atoms with Crippen molar-refractivity contribution < 1.29 is 0 Å². The minimum Gasteiger partial charge on any atom is -0.316 e. The normalized spacial score (nSPS) is 12.1. The molecule has 1 rings (SSSR count). The minimum atomic E-state index is 0.398. The number of aromatic nitrogens is 1. The second-order valence-corrected chi connectivity index (χ2v) is 5.80. The number of pyridine rings is 1. The van der Waals surface area contributed by atoms with E-state index < -0.39 is 0 Å². The summed E-state index contributed by atoms with van der Waals surface area (Å²) in [5.74, 6) is 0. The van der Waals surface area contributed by atoms with Gasteiger partial charge in [-0.25, -0.2) is 0 Å². The highest BCUT2D eigenvalue weighted by atomic mass is 15.1. The molecule has 0 unspecified atom stereocenters. The molecule has 0 saturated carbocycles. The number of nitrogens with zero attached hydrogens (tertiary/aromatic N) is 2. The Kier molecular flexibility index (Phi) is 7.78. The van der Waals surface area contributed by atoms with E-state index in [-0.39, 0.29) is 0 Å². The fourth-order valence-electron chi connectivity index (χ4n) is 2.67. The van der Waals surface area contributed by atoms with Gasteiger partial charge in [0.15, 0.2) is 0 Å².